The van der Waals surface area contributed by atoms with E-state index >= 15 is 0 Å². The second kappa shape index (κ2) is 6.60. The van der Waals surface area contributed by atoms with Gasteiger partial charge in [-0.1, -0.05) is 6.42 Å². The van der Waals surface area contributed by atoms with E-state index in [0.717, 1.165) is 25.8 Å². The predicted octanol–water partition coefficient (Wildman–Crippen LogP) is 1.89. The molecular weight excluding hydrogens is 230 g/mol. The Labute approximate surface area is 109 Å². The van der Waals surface area contributed by atoms with Crippen LogP contribution in [0, 0.1) is 11.3 Å². The monoisotopic (exact) mass is 253 g/mol. The Morgan fingerprint density at radius 1 is 1.50 bits per heavy atom. The Morgan fingerprint density at radius 3 is 2.83 bits per heavy atom. The third kappa shape index (κ3) is 5.37. The first-order valence-electron chi connectivity index (χ1n) is 6.50. The average molecular weight is 253 g/mol. The Morgan fingerprint density at radius 2 is 2.22 bits per heavy atom. The molecule has 1 rings (SSSR count). The van der Waals surface area contributed by atoms with E-state index in [4.69, 9.17) is 10.00 Å². The number of rotatable bonds is 3. The standard InChI is InChI=1S/C13H23N3O2/c1-13(2,3)18-12(17)15-10-11-6-4-5-8-16(11)9-7-14/h11H,4-6,8-10H2,1-3H3,(H,15,17). The van der Waals surface area contributed by atoms with Gasteiger partial charge in [0.15, 0.2) is 0 Å². The summed E-state index contributed by atoms with van der Waals surface area (Å²) in [5.74, 6) is 0. The fourth-order valence-electron chi connectivity index (χ4n) is 2.11. The van der Waals surface area contributed by atoms with Crippen LogP contribution in [0.15, 0.2) is 0 Å². The summed E-state index contributed by atoms with van der Waals surface area (Å²) in [6, 6.07) is 2.43. The van der Waals surface area contributed by atoms with E-state index in [9.17, 15) is 4.79 Å². The highest BCUT2D eigenvalue weighted by Crippen LogP contribution is 2.16. The van der Waals surface area contributed by atoms with Crippen LogP contribution >= 0.6 is 0 Å². The van der Waals surface area contributed by atoms with Crippen molar-refractivity contribution < 1.29 is 9.53 Å². The summed E-state index contributed by atoms with van der Waals surface area (Å²) >= 11 is 0. The number of ether oxygens (including phenoxy) is 1. The van der Waals surface area contributed by atoms with Crippen LogP contribution in [0.4, 0.5) is 4.79 Å². The largest absolute Gasteiger partial charge is 0.444 e. The van der Waals surface area contributed by atoms with Crippen molar-refractivity contribution in [3.05, 3.63) is 0 Å². The number of carbonyl (C=O) groups excluding carboxylic acids is 1. The fraction of sp³-hybridized carbons (Fsp3) is 0.846. The molecule has 1 unspecified atom stereocenters. The SMILES string of the molecule is CC(C)(C)OC(=O)NCC1CCCCN1CC#N. The van der Waals surface area contributed by atoms with Crippen molar-refractivity contribution in [1.82, 2.24) is 10.2 Å². The number of likely N-dealkylation sites (tertiary alicyclic amines) is 1. The van der Waals surface area contributed by atoms with Crippen LogP contribution in [0.25, 0.3) is 0 Å². The van der Waals surface area contributed by atoms with E-state index < -0.39 is 5.60 Å². The number of amides is 1. The summed E-state index contributed by atoms with van der Waals surface area (Å²) in [4.78, 5) is 13.7. The lowest BCUT2D eigenvalue weighted by Crippen LogP contribution is -2.47. The molecule has 0 aliphatic carbocycles. The zero-order valence-electron chi connectivity index (χ0n) is 11.5. The molecule has 0 aromatic heterocycles. The second-order valence-corrected chi connectivity index (χ2v) is 5.66. The molecule has 0 radical (unpaired) electrons. The average Bonchev–Trinajstić information content (AvgIpc) is 2.26. The number of carbonyl (C=O) groups is 1. The lowest BCUT2D eigenvalue weighted by atomic mass is 10.0. The smallest absolute Gasteiger partial charge is 0.407 e. The molecule has 1 atom stereocenters. The van der Waals surface area contributed by atoms with Gasteiger partial charge in [-0.2, -0.15) is 5.26 Å². The van der Waals surface area contributed by atoms with Crippen LogP contribution in [0.2, 0.25) is 0 Å². The molecule has 0 spiro atoms. The maximum atomic E-state index is 11.5. The van der Waals surface area contributed by atoms with Crippen molar-refractivity contribution in [2.75, 3.05) is 19.6 Å². The first-order chi connectivity index (χ1) is 8.42. The molecule has 5 nitrogen and oxygen atoms in total. The molecule has 18 heavy (non-hydrogen) atoms. The number of hydrogen-bond donors (Lipinski definition) is 1. The van der Waals surface area contributed by atoms with Gasteiger partial charge in [-0.05, 0) is 40.2 Å². The molecule has 102 valence electrons. The molecule has 0 aromatic rings. The molecule has 0 aromatic carbocycles. The molecule has 0 saturated carbocycles. The van der Waals surface area contributed by atoms with Crippen molar-refractivity contribution in [3.63, 3.8) is 0 Å². The first kappa shape index (κ1) is 14.8. The Hall–Kier alpha value is -1.28. The zero-order valence-corrected chi connectivity index (χ0v) is 11.5. The van der Waals surface area contributed by atoms with Crippen molar-refractivity contribution in [2.24, 2.45) is 0 Å². The summed E-state index contributed by atoms with van der Waals surface area (Å²) in [5, 5.41) is 11.5. The number of piperidine rings is 1. The topological polar surface area (TPSA) is 65.4 Å². The highest BCUT2D eigenvalue weighted by atomic mass is 16.6. The lowest BCUT2D eigenvalue weighted by molar-refractivity contribution is 0.0500. The minimum atomic E-state index is -0.469. The van der Waals surface area contributed by atoms with Crippen LogP contribution in [0.5, 0.6) is 0 Å². The highest BCUT2D eigenvalue weighted by molar-refractivity contribution is 5.67. The molecule has 1 N–H and O–H groups in total. The van der Waals surface area contributed by atoms with E-state index in [-0.39, 0.29) is 12.1 Å². The highest BCUT2D eigenvalue weighted by Gasteiger charge is 2.23. The van der Waals surface area contributed by atoms with Crippen LogP contribution in [-0.2, 0) is 4.74 Å². The van der Waals surface area contributed by atoms with Gasteiger partial charge in [0.1, 0.15) is 5.60 Å². The molecule has 1 fully saturated rings. The maximum Gasteiger partial charge on any atom is 0.407 e. The number of hydrogen-bond acceptors (Lipinski definition) is 4. The summed E-state index contributed by atoms with van der Waals surface area (Å²) in [7, 11) is 0. The van der Waals surface area contributed by atoms with Crippen LogP contribution in [0.3, 0.4) is 0 Å². The summed E-state index contributed by atoms with van der Waals surface area (Å²) in [6.07, 6.45) is 2.93. The molecule has 5 heteroatoms. The predicted molar refractivity (Wildman–Crippen MR) is 69.1 cm³/mol. The van der Waals surface area contributed by atoms with E-state index in [0.29, 0.717) is 13.1 Å². The first-order valence-corrected chi connectivity index (χ1v) is 6.50. The van der Waals surface area contributed by atoms with Crippen LogP contribution in [0.1, 0.15) is 40.0 Å². The van der Waals surface area contributed by atoms with Crippen molar-refractivity contribution >= 4 is 6.09 Å². The Kier molecular flexibility index (Phi) is 5.42. The molecule has 1 heterocycles. The number of alkyl carbamates (subject to hydrolysis) is 1. The van der Waals surface area contributed by atoms with Crippen molar-refractivity contribution in [1.29, 1.82) is 5.26 Å². The normalized spacial score (nSPS) is 21.1. The molecule has 1 aliphatic heterocycles. The van der Waals surface area contributed by atoms with Crippen LogP contribution in [-0.4, -0.2) is 42.3 Å². The van der Waals surface area contributed by atoms with Gasteiger partial charge in [0.25, 0.3) is 0 Å². The van der Waals surface area contributed by atoms with Gasteiger partial charge >= 0.3 is 6.09 Å². The van der Waals surface area contributed by atoms with Crippen molar-refractivity contribution in [3.8, 4) is 6.07 Å². The third-order valence-electron chi connectivity index (χ3n) is 2.90. The van der Waals surface area contributed by atoms with Crippen molar-refractivity contribution in [2.45, 2.75) is 51.7 Å². The number of nitrogens with one attached hydrogen (secondary N) is 1. The summed E-state index contributed by atoms with van der Waals surface area (Å²) in [6.45, 7) is 7.45. The van der Waals surface area contributed by atoms with Crippen LogP contribution < -0.4 is 5.32 Å². The minimum Gasteiger partial charge on any atom is -0.444 e. The van der Waals surface area contributed by atoms with Gasteiger partial charge in [-0.15, -0.1) is 0 Å². The quantitative estimate of drug-likeness (QED) is 0.780. The fourth-order valence-corrected chi connectivity index (χ4v) is 2.11. The summed E-state index contributed by atoms with van der Waals surface area (Å²) < 4.78 is 5.19. The molecule has 1 aliphatic rings. The van der Waals surface area contributed by atoms with E-state index in [1.807, 2.05) is 20.8 Å². The Bertz CT molecular complexity index is 317. The third-order valence-corrected chi connectivity index (χ3v) is 2.90. The van der Waals surface area contributed by atoms with E-state index in [1.54, 1.807) is 0 Å². The lowest BCUT2D eigenvalue weighted by Gasteiger charge is -2.34. The molecule has 1 saturated heterocycles. The van der Waals surface area contributed by atoms with Gasteiger partial charge in [-0.3, -0.25) is 4.90 Å². The van der Waals surface area contributed by atoms with Gasteiger partial charge in [-0.25, -0.2) is 4.79 Å². The Balaban J connectivity index is 2.36. The van der Waals surface area contributed by atoms with E-state index in [1.165, 1.54) is 0 Å². The van der Waals surface area contributed by atoms with Gasteiger partial charge < -0.3 is 10.1 Å². The number of nitriles is 1. The number of nitrogens with zero attached hydrogens (tertiary/aromatic N) is 2. The minimum absolute atomic E-state index is 0.255. The zero-order chi connectivity index (χ0) is 13.6. The second-order valence-electron chi connectivity index (χ2n) is 5.66. The molecular formula is C13H23N3O2. The molecule has 1 amide bonds. The summed E-state index contributed by atoms with van der Waals surface area (Å²) in [5.41, 5.74) is -0.469. The van der Waals surface area contributed by atoms with E-state index in [2.05, 4.69) is 16.3 Å². The maximum absolute atomic E-state index is 11.5. The van der Waals surface area contributed by atoms with Gasteiger partial charge in [0, 0.05) is 12.6 Å². The molecule has 0 bridgehead atoms. The van der Waals surface area contributed by atoms with Gasteiger partial charge in [0.05, 0.1) is 12.6 Å². The van der Waals surface area contributed by atoms with Gasteiger partial charge in [0.2, 0.25) is 0 Å².